The first-order chi connectivity index (χ1) is 12.7. The number of phenolic OH excluding ortho intramolecular Hbond substituents is 1. The van der Waals surface area contributed by atoms with Crippen molar-refractivity contribution in [3.05, 3.63) is 42.4 Å². The molecule has 3 N–H and O–H groups in total. The summed E-state index contributed by atoms with van der Waals surface area (Å²) < 4.78 is 5.99. The summed E-state index contributed by atoms with van der Waals surface area (Å²) in [6.45, 7) is 0. The number of nitrogens with one attached hydrogen (secondary N) is 2. The second-order valence-electron chi connectivity index (χ2n) is 6.01. The number of hydrogen-bond acceptors (Lipinski definition) is 7. The molecule has 0 atom stereocenters. The molecule has 1 aliphatic rings. The minimum atomic E-state index is 0.121. The van der Waals surface area contributed by atoms with Crippen LogP contribution in [0.2, 0.25) is 0 Å². The molecule has 8 nitrogen and oxygen atoms in total. The highest BCUT2D eigenvalue weighted by Gasteiger charge is 2.22. The maximum Gasteiger partial charge on any atom is 0.158 e. The molecule has 26 heavy (non-hydrogen) atoms. The highest BCUT2D eigenvalue weighted by Crippen LogP contribution is 2.39. The van der Waals surface area contributed by atoms with Crippen molar-refractivity contribution < 1.29 is 9.84 Å². The summed E-state index contributed by atoms with van der Waals surface area (Å²) in [4.78, 5) is 8.05. The minimum Gasteiger partial charge on any atom is -0.507 e. The summed E-state index contributed by atoms with van der Waals surface area (Å²) in [7, 11) is 0. The van der Waals surface area contributed by atoms with E-state index in [2.05, 4.69) is 25.5 Å². The molecule has 1 fully saturated rings. The third kappa shape index (κ3) is 3.15. The standard InChI is InChI=1S/C18H16N6O2/c19-8-11-9-21-17(10-20-11)22-16-7-13(23-24-16)18-14(25)5-2-6-15(18)26-12-3-1-4-12/h2,5-7,9-10,12,25H,1,3-4H2,(H2,21,22,23,24). The Kier molecular flexibility index (Phi) is 4.11. The van der Waals surface area contributed by atoms with Crippen LogP contribution in [0.25, 0.3) is 11.3 Å². The Hall–Kier alpha value is -3.60. The van der Waals surface area contributed by atoms with E-state index in [9.17, 15) is 5.11 Å². The van der Waals surface area contributed by atoms with Crippen LogP contribution < -0.4 is 10.1 Å². The summed E-state index contributed by atoms with van der Waals surface area (Å²) in [5, 5.41) is 29.2. The van der Waals surface area contributed by atoms with Crippen LogP contribution in [0.1, 0.15) is 25.0 Å². The van der Waals surface area contributed by atoms with Crippen LogP contribution in [0, 0.1) is 11.3 Å². The van der Waals surface area contributed by atoms with Crippen molar-refractivity contribution in [3.8, 4) is 28.8 Å². The van der Waals surface area contributed by atoms with E-state index in [0.717, 1.165) is 12.8 Å². The molecule has 0 amide bonds. The Labute approximate surface area is 149 Å². The van der Waals surface area contributed by atoms with Crippen LogP contribution in [-0.2, 0) is 0 Å². The van der Waals surface area contributed by atoms with Crippen molar-refractivity contribution in [2.75, 3.05) is 5.32 Å². The summed E-state index contributed by atoms with van der Waals surface area (Å²) in [5.74, 6) is 1.72. The molecular formula is C18H16N6O2. The average Bonchev–Trinajstić information content (AvgIpc) is 3.07. The van der Waals surface area contributed by atoms with Crippen LogP contribution >= 0.6 is 0 Å². The van der Waals surface area contributed by atoms with Crippen LogP contribution in [0.5, 0.6) is 11.5 Å². The molecule has 0 unspecified atom stereocenters. The largest absolute Gasteiger partial charge is 0.507 e. The fourth-order valence-electron chi connectivity index (χ4n) is 2.65. The van der Waals surface area contributed by atoms with Gasteiger partial charge in [-0.05, 0) is 31.4 Å². The van der Waals surface area contributed by atoms with Gasteiger partial charge in [0.05, 0.1) is 29.8 Å². The molecule has 0 aliphatic heterocycles. The van der Waals surface area contributed by atoms with E-state index in [1.54, 1.807) is 18.2 Å². The van der Waals surface area contributed by atoms with Gasteiger partial charge in [0.2, 0.25) is 0 Å². The van der Waals surface area contributed by atoms with E-state index >= 15 is 0 Å². The molecule has 1 aromatic carbocycles. The SMILES string of the molecule is N#Cc1cnc(Nc2cc(-c3c(O)cccc3OC3CCC3)[nH]n2)cn1. The van der Waals surface area contributed by atoms with Gasteiger partial charge in [-0.1, -0.05) is 6.07 Å². The monoisotopic (exact) mass is 348 g/mol. The predicted octanol–water partition coefficient (Wildman–Crippen LogP) is 3.12. The summed E-state index contributed by atoms with van der Waals surface area (Å²) in [6.07, 6.45) is 6.26. The van der Waals surface area contributed by atoms with Crippen LogP contribution in [0.4, 0.5) is 11.6 Å². The van der Waals surface area contributed by atoms with E-state index < -0.39 is 0 Å². The normalized spacial score (nSPS) is 13.7. The third-order valence-corrected chi connectivity index (χ3v) is 4.22. The number of aromatic nitrogens is 4. The first kappa shape index (κ1) is 15.9. The highest BCUT2D eigenvalue weighted by atomic mass is 16.5. The number of rotatable bonds is 5. The van der Waals surface area contributed by atoms with Gasteiger partial charge < -0.3 is 15.2 Å². The number of nitrogens with zero attached hydrogens (tertiary/aromatic N) is 4. The molecule has 0 bridgehead atoms. The minimum absolute atomic E-state index is 0.121. The molecule has 0 spiro atoms. The van der Waals surface area contributed by atoms with Crippen LogP contribution in [0.15, 0.2) is 36.7 Å². The zero-order chi connectivity index (χ0) is 17.9. The van der Waals surface area contributed by atoms with Crippen molar-refractivity contribution in [1.29, 1.82) is 5.26 Å². The molecule has 130 valence electrons. The lowest BCUT2D eigenvalue weighted by Crippen LogP contribution is -2.24. The fraction of sp³-hybridized carbons (Fsp3) is 0.222. The molecule has 3 aromatic rings. The molecular weight excluding hydrogens is 332 g/mol. The van der Waals surface area contributed by atoms with Crippen molar-refractivity contribution in [1.82, 2.24) is 20.2 Å². The second kappa shape index (κ2) is 6.72. The number of H-pyrrole nitrogens is 1. The first-order valence-corrected chi connectivity index (χ1v) is 8.26. The van der Waals surface area contributed by atoms with E-state index in [0.29, 0.717) is 28.6 Å². The van der Waals surface area contributed by atoms with E-state index in [1.165, 1.54) is 18.8 Å². The number of anilines is 2. The van der Waals surface area contributed by atoms with Crippen molar-refractivity contribution in [2.45, 2.75) is 25.4 Å². The molecule has 1 aliphatic carbocycles. The summed E-state index contributed by atoms with van der Waals surface area (Å²) >= 11 is 0. The molecule has 0 radical (unpaired) electrons. The van der Waals surface area contributed by atoms with Crippen LogP contribution in [-0.4, -0.2) is 31.4 Å². The van der Waals surface area contributed by atoms with Gasteiger partial charge in [0.15, 0.2) is 11.5 Å². The number of ether oxygens (including phenoxy) is 1. The van der Waals surface area contributed by atoms with Gasteiger partial charge in [-0.15, -0.1) is 0 Å². The molecule has 4 rings (SSSR count). The molecule has 0 saturated heterocycles. The van der Waals surface area contributed by atoms with E-state index in [4.69, 9.17) is 10.00 Å². The van der Waals surface area contributed by atoms with Crippen molar-refractivity contribution >= 4 is 11.6 Å². The lowest BCUT2D eigenvalue weighted by Gasteiger charge is -2.27. The molecule has 2 aromatic heterocycles. The van der Waals surface area contributed by atoms with Gasteiger partial charge in [0, 0.05) is 6.07 Å². The Morgan fingerprint density at radius 3 is 2.81 bits per heavy atom. The quantitative estimate of drug-likeness (QED) is 0.648. The summed E-state index contributed by atoms with van der Waals surface area (Å²) in [6, 6.07) is 8.88. The number of hydrogen-bond donors (Lipinski definition) is 3. The van der Waals surface area contributed by atoms with Gasteiger partial charge in [-0.3, -0.25) is 5.10 Å². The maximum absolute atomic E-state index is 10.3. The molecule has 1 saturated carbocycles. The zero-order valence-electron chi connectivity index (χ0n) is 13.8. The number of benzene rings is 1. The van der Waals surface area contributed by atoms with Gasteiger partial charge in [0.1, 0.15) is 23.4 Å². The average molecular weight is 348 g/mol. The van der Waals surface area contributed by atoms with E-state index in [-0.39, 0.29) is 17.5 Å². The highest BCUT2D eigenvalue weighted by molar-refractivity contribution is 5.76. The Morgan fingerprint density at radius 2 is 2.12 bits per heavy atom. The molecule has 2 heterocycles. The number of aromatic amines is 1. The van der Waals surface area contributed by atoms with Crippen molar-refractivity contribution in [3.63, 3.8) is 0 Å². The number of aromatic hydroxyl groups is 1. The fourth-order valence-corrected chi connectivity index (χ4v) is 2.65. The Morgan fingerprint density at radius 1 is 1.23 bits per heavy atom. The van der Waals surface area contributed by atoms with Gasteiger partial charge in [-0.2, -0.15) is 10.4 Å². The van der Waals surface area contributed by atoms with Gasteiger partial charge in [-0.25, -0.2) is 9.97 Å². The number of phenols is 1. The smallest absolute Gasteiger partial charge is 0.158 e. The predicted molar refractivity (Wildman–Crippen MR) is 94.0 cm³/mol. The van der Waals surface area contributed by atoms with Crippen LogP contribution in [0.3, 0.4) is 0 Å². The third-order valence-electron chi connectivity index (χ3n) is 4.22. The lowest BCUT2D eigenvalue weighted by molar-refractivity contribution is 0.120. The molecule has 8 heteroatoms. The van der Waals surface area contributed by atoms with E-state index in [1.807, 2.05) is 12.1 Å². The first-order valence-electron chi connectivity index (χ1n) is 8.26. The lowest BCUT2D eigenvalue weighted by atomic mass is 9.96. The van der Waals surface area contributed by atoms with Crippen molar-refractivity contribution in [2.24, 2.45) is 0 Å². The maximum atomic E-state index is 10.3. The topological polar surface area (TPSA) is 120 Å². The van der Waals surface area contributed by atoms with Gasteiger partial charge >= 0.3 is 0 Å². The Balaban J connectivity index is 1.58. The Bertz CT molecular complexity index is 957. The zero-order valence-corrected chi connectivity index (χ0v) is 13.8. The van der Waals surface area contributed by atoms with Gasteiger partial charge in [0.25, 0.3) is 0 Å². The number of nitriles is 1. The second-order valence-corrected chi connectivity index (χ2v) is 6.01. The summed E-state index contributed by atoms with van der Waals surface area (Å²) in [5.41, 5.74) is 1.44.